The zero-order valence-electron chi connectivity index (χ0n) is 13.5. The number of aliphatic hydroxyl groups is 1. The van der Waals surface area contributed by atoms with Crippen LogP contribution in [-0.2, 0) is 6.18 Å². The van der Waals surface area contributed by atoms with Gasteiger partial charge in [0.15, 0.2) is 0 Å². The Balaban J connectivity index is 2.05. The van der Waals surface area contributed by atoms with Gasteiger partial charge in [0.25, 0.3) is 5.56 Å². The van der Waals surface area contributed by atoms with Gasteiger partial charge < -0.3 is 14.8 Å². The Bertz CT molecular complexity index is 1060. The summed E-state index contributed by atoms with van der Waals surface area (Å²) in [5, 5.41) is 10.2. The van der Waals surface area contributed by atoms with Crippen molar-refractivity contribution in [3.05, 3.63) is 69.6 Å². The molecule has 2 N–H and O–H groups in total. The topological polar surface area (TPSA) is 75.2 Å². The lowest BCUT2D eigenvalue weighted by molar-refractivity contribution is -0.137. The van der Waals surface area contributed by atoms with E-state index >= 15 is 0 Å². The van der Waals surface area contributed by atoms with Gasteiger partial charge in [-0.3, -0.25) is 4.79 Å². The molecule has 8 heteroatoms. The van der Waals surface area contributed by atoms with E-state index in [4.69, 9.17) is 4.74 Å². The lowest BCUT2D eigenvalue weighted by atomic mass is 10.1. The molecule has 1 heterocycles. The van der Waals surface area contributed by atoms with Gasteiger partial charge in [-0.15, -0.1) is 0 Å². The van der Waals surface area contributed by atoms with Crippen LogP contribution in [0, 0.1) is 0 Å². The van der Waals surface area contributed by atoms with Gasteiger partial charge in [-0.1, -0.05) is 12.1 Å². The average molecular weight is 362 g/mol. The third-order valence-corrected chi connectivity index (χ3v) is 3.68. The molecular formula is C18H13F3N2O3. The molecule has 0 bridgehead atoms. The number of rotatable bonds is 3. The zero-order valence-corrected chi connectivity index (χ0v) is 13.5. The first-order chi connectivity index (χ1) is 12.3. The highest BCUT2D eigenvalue weighted by atomic mass is 19.4. The third kappa shape index (κ3) is 3.53. The van der Waals surface area contributed by atoms with Gasteiger partial charge in [-0.2, -0.15) is 13.2 Å². The van der Waals surface area contributed by atoms with E-state index in [-0.39, 0.29) is 22.5 Å². The van der Waals surface area contributed by atoms with Crippen molar-refractivity contribution in [1.82, 2.24) is 9.97 Å². The fraction of sp³-hybridized carbons (Fsp3) is 0.111. The molecule has 3 aromatic rings. The lowest BCUT2D eigenvalue weighted by Crippen LogP contribution is -2.13. The fourth-order valence-electron chi connectivity index (χ4n) is 2.37. The Morgan fingerprint density at radius 1 is 1.23 bits per heavy atom. The smallest absolute Gasteiger partial charge is 0.416 e. The number of fused-ring (bicyclic) bond motifs is 1. The molecular weight excluding hydrogens is 349 g/mol. The van der Waals surface area contributed by atoms with Gasteiger partial charge in [0.1, 0.15) is 17.2 Å². The molecule has 0 atom stereocenters. The first-order valence-corrected chi connectivity index (χ1v) is 7.44. The molecule has 134 valence electrons. The number of benzene rings is 2. The van der Waals surface area contributed by atoms with Gasteiger partial charge in [0.05, 0.1) is 23.7 Å². The second kappa shape index (κ2) is 6.55. The van der Waals surface area contributed by atoms with Crippen LogP contribution >= 0.6 is 0 Å². The number of hydrogen-bond donors (Lipinski definition) is 2. The minimum Gasteiger partial charge on any atom is -0.507 e. The standard InChI is InChI=1S/C18H13F3N2O3/c1-26-12-4-2-3-10(7-12)16(24)9-15-17(25)23-14-8-11(18(19,20)21)5-6-13(14)22-15/h2-9,24H,1H3,(H,23,25)/b16-9+. The van der Waals surface area contributed by atoms with Gasteiger partial charge in [-0.25, -0.2) is 4.98 Å². The number of alkyl halides is 3. The second-order valence-electron chi connectivity index (χ2n) is 5.44. The van der Waals surface area contributed by atoms with Crippen molar-refractivity contribution in [2.75, 3.05) is 7.11 Å². The summed E-state index contributed by atoms with van der Waals surface area (Å²) in [6.07, 6.45) is -3.38. The number of aromatic amines is 1. The number of nitrogens with zero attached hydrogens (tertiary/aromatic N) is 1. The summed E-state index contributed by atoms with van der Waals surface area (Å²) in [7, 11) is 1.48. The number of methoxy groups -OCH3 is 1. The summed E-state index contributed by atoms with van der Waals surface area (Å²) < 4.78 is 43.3. The van der Waals surface area contributed by atoms with Gasteiger partial charge >= 0.3 is 6.18 Å². The summed E-state index contributed by atoms with van der Waals surface area (Å²) in [4.78, 5) is 18.5. The Morgan fingerprint density at radius 2 is 2.00 bits per heavy atom. The van der Waals surface area contributed by atoms with Crippen LogP contribution in [-0.4, -0.2) is 22.2 Å². The molecule has 1 aromatic heterocycles. The number of nitrogens with one attached hydrogen (secondary N) is 1. The van der Waals surface area contributed by atoms with Crippen molar-refractivity contribution in [2.24, 2.45) is 0 Å². The highest BCUT2D eigenvalue weighted by molar-refractivity contribution is 5.80. The van der Waals surface area contributed by atoms with Gasteiger partial charge in [-0.05, 0) is 30.3 Å². The summed E-state index contributed by atoms with van der Waals surface area (Å²) in [5.74, 6) is 0.288. The molecule has 0 saturated carbocycles. The van der Waals surface area contributed by atoms with E-state index in [0.717, 1.165) is 24.3 Å². The number of halogens is 3. The summed E-state index contributed by atoms with van der Waals surface area (Å²) in [6, 6.07) is 9.39. The van der Waals surface area contributed by atoms with Crippen molar-refractivity contribution in [3.8, 4) is 5.75 Å². The van der Waals surface area contributed by atoms with Crippen molar-refractivity contribution in [1.29, 1.82) is 0 Å². The van der Waals surface area contributed by atoms with E-state index in [2.05, 4.69) is 9.97 Å². The number of aromatic nitrogens is 2. The molecule has 0 aliphatic carbocycles. The average Bonchev–Trinajstić information content (AvgIpc) is 2.61. The molecule has 0 spiro atoms. The first kappa shape index (κ1) is 17.5. The van der Waals surface area contributed by atoms with Crippen LogP contribution in [0.4, 0.5) is 13.2 Å². The van der Waals surface area contributed by atoms with E-state index in [1.807, 2.05) is 0 Å². The predicted molar refractivity (Wildman–Crippen MR) is 90.9 cm³/mol. The molecule has 3 rings (SSSR count). The van der Waals surface area contributed by atoms with Crippen LogP contribution in [0.2, 0.25) is 0 Å². The molecule has 0 amide bonds. The minimum absolute atomic E-state index is 0.0390. The molecule has 0 unspecified atom stereocenters. The predicted octanol–water partition coefficient (Wildman–Crippen LogP) is 4.01. The van der Waals surface area contributed by atoms with Crippen LogP contribution in [0.15, 0.2) is 47.3 Å². The maximum Gasteiger partial charge on any atom is 0.416 e. The van der Waals surface area contributed by atoms with Gasteiger partial charge in [0.2, 0.25) is 0 Å². The van der Waals surface area contributed by atoms with E-state index in [0.29, 0.717) is 11.3 Å². The summed E-state index contributed by atoms with van der Waals surface area (Å²) in [6.45, 7) is 0. The molecule has 0 aliphatic rings. The van der Waals surface area contributed by atoms with Crippen molar-refractivity contribution in [3.63, 3.8) is 0 Å². The highest BCUT2D eigenvalue weighted by Gasteiger charge is 2.30. The van der Waals surface area contributed by atoms with Crippen LogP contribution in [0.5, 0.6) is 5.75 Å². The van der Waals surface area contributed by atoms with Crippen LogP contribution < -0.4 is 10.3 Å². The largest absolute Gasteiger partial charge is 0.507 e. The Hall–Kier alpha value is -3.29. The normalized spacial score (nSPS) is 12.4. The van der Waals surface area contributed by atoms with Crippen molar-refractivity contribution in [2.45, 2.75) is 6.18 Å². The number of ether oxygens (including phenoxy) is 1. The molecule has 5 nitrogen and oxygen atoms in total. The maximum atomic E-state index is 12.8. The SMILES string of the molecule is COc1cccc(/C(O)=C\c2nc3ccc(C(F)(F)F)cc3[nH]c2=O)c1. The quantitative estimate of drug-likeness (QED) is 0.691. The van der Waals surface area contributed by atoms with Gasteiger partial charge in [0, 0.05) is 11.6 Å². The second-order valence-corrected chi connectivity index (χ2v) is 5.44. The van der Waals surface area contributed by atoms with Crippen LogP contribution in [0.1, 0.15) is 16.8 Å². The molecule has 0 fully saturated rings. The number of hydrogen-bond acceptors (Lipinski definition) is 4. The molecule has 2 aromatic carbocycles. The van der Waals surface area contributed by atoms with Crippen molar-refractivity contribution < 1.29 is 23.0 Å². The van der Waals surface area contributed by atoms with E-state index < -0.39 is 17.3 Å². The summed E-state index contributed by atoms with van der Waals surface area (Å²) in [5.41, 5.74) is -1.20. The molecule has 0 aliphatic heterocycles. The monoisotopic (exact) mass is 362 g/mol. The summed E-state index contributed by atoms with van der Waals surface area (Å²) >= 11 is 0. The minimum atomic E-state index is -4.52. The third-order valence-electron chi connectivity index (χ3n) is 3.68. The lowest BCUT2D eigenvalue weighted by Gasteiger charge is -2.07. The highest BCUT2D eigenvalue weighted by Crippen LogP contribution is 2.30. The Labute approximate surface area is 145 Å². The fourth-order valence-corrected chi connectivity index (χ4v) is 2.37. The van der Waals surface area contributed by atoms with E-state index in [1.54, 1.807) is 24.3 Å². The van der Waals surface area contributed by atoms with Crippen LogP contribution in [0.25, 0.3) is 22.9 Å². The Morgan fingerprint density at radius 3 is 2.69 bits per heavy atom. The molecule has 26 heavy (non-hydrogen) atoms. The van der Waals surface area contributed by atoms with Crippen LogP contribution in [0.3, 0.4) is 0 Å². The zero-order chi connectivity index (χ0) is 18.9. The number of H-pyrrole nitrogens is 1. The Kier molecular flexibility index (Phi) is 4.41. The van der Waals surface area contributed by atoms with Crippen molar-refractivity contribution >= 4 is 22.9 Å². The number of aliphatic hydroxyl groups excluding tert-OH is 1. The maximum absolute atomic E-state index is 12.8. The molecule has 0 saturated heterocycles. The van der Waals surface area contributed by atoms with E-state index in [1.165, 1.54) is 7.11 Å². The molecule has 0 radical (unpaired) electrons. The van der Waals surface area contributed by atoms with E-state index in [9.17, 15) is 23.1 Å². The first-order valence-electron chi connectivity index (χ1n) is 7.44.